The van der Waals surface area contributed by atoms with E-state index in [9.17, 15) is 31.2 Å². The lowest BCUT2D eigenvalue weighted by atomic mass is 10.1. The van der Waals surface area contributed by atoms with E-state index in [4.69, 9.17) is 21.5 Å². The molecule has 196 valence electrons. The fourth-order valence-electron chi connectivity index (χ4n) is 2.75. The molecular formula is C20H21ClF3N5O6S. The van der Waals surface area contributed by atoms with E-state index in [-0.39, 0.29) is 28.0 Å². The van der Waals surface area contributed by atoms with Gasteiger partial charge in [0.25, 0.3) is 5.91 Å². The van der Waals surface area contributed by atoms with Gasteiger partial charge in [-0.2, -0.15) is 13.2 Å². The minimum atomic E-state index is -5.08. The number of alkyl halides is 3. The first-order chi connectivity index (χ1) is 16.7. The zero-order valence-corrected chi connectivity index (χ0v) is 20.2. The average Bonchev–Trinajstić information content (AvgIpc) is 2.80. The molecule has 1 aromatic heterocycles. The molecule has 1 aromatic carbocycles. The summed E-state index contributed by atoms with van der Waals surface area (Å²) in [5.74, 6) is -3.13. The minimum Gasteiger partial charge on any atom is -0.475 e. The van der Waals surface area contributed by atoms with Crippen LogP contribution >= 0.6 is 11.6 Å². The Labute approximate surface area is 208 Å². The number of rotatable bonds is 4. The highest BCUT2D eigenvalue weighted by molar-refractivity contribution is 7.90. The summed E-state index contributed by atoms with van der Waals surface area (Å²) < 4.78 is 55.6. The van der Waals surface area contributed by atoms with Gasteiger partial charge in [0, 0.05) is 38.6 Å². The van der Waals surface area contributed by atoms with Crippen LogP contribution in [0.4, 0.5) is 29.5 Å². The standard InChI is InChI=1S/C18H20ClN5O4S.C2HF3O2/c1-29(27,28)13-3-4-15(22-18(26)24-8-6-20-7-9-24)14(10-13)17(25)23-16-5-2-12(19)11-21-16;3-2(4,5)1(6)7/h2-5,10-11,20H,6-9H2,1H3,(H,22,26)(H,21,23,25);(H,6,7). The lowest BCUT2D eigenvalue weighted by molar-refractivity contribution is -0.192. The fraction of sp³-hybridized carbons (Fsp3) is 0.300. The number of nitrogens with one attached hydrogen (secondary N) is 3. The molecule has 1 aliphatic heterocycles. The Bertz CT molecular complexity index is 1220. The number of anilines is 2. The molecule has 0 saturated carbocycles. The topological polar surface area (TPSA) is 158 Å². The number of amides is 3. The van der Waals surface area contributed by atoms with Gasteiger partial charge in [-0.15, -0.1) is 0 Å². The van der Waals surface area contributed by atoms with Crippen LogP contribution in [-0.4, -0.2) is 79.9 Å². The van der Waals surface area contributed by atoms with Crippen LogP contribution in [-0.2, 0) is 14.6 Å². The maximum Gasteiger partial charge on any atom is 0.490 e. The first kappa shape index (κ1) is 28.8. The van der Waals surface area contributed by atoms with Crippen LogP contribution in [0, 0.1) is 0 Å². The number of sulfone groups is 1. The summed E-state index contributed by atoms with van der Waals surface area (Å²) in [6.07, 6.45) is -2.67. The van der Waals surface area contributed by atoms with Crippen molar-refractivity contribution in [3.63, 3.8) is 0 Å². The molecule has 11 nitrogen and oxygen atoms in total. The summed E-state index contributed by atoms with van der Waals surface area (Å²) >= 11 is 5.79. The number of aromatic nitrogens is 1. The number of nitrogens with zero attached hydrogens (tertiary/aromatic N) is 2. The van der Waals surface area contributed by atoms with Gasteiger partial charge in [-0.25, -0.2) is 23.0 Å². The first-order valence-corrected chi connectivity index (χ1v) is 12.3. The van der Waals surface area contributed by atoms with E-state index in [2.05, 4.69) is 20.9 Å². The molecule has 0 atom stereocenters. The largest absolute Gasteiger partial charge is 0.490 e. The highest BCUT2D eigenvalue weighted by Gasteiger charge is 2.38. The molecular weight excluding hydrogens is 531 g/mol. The summed E-state index contributed by atoms with van der Waals surface area (Å²) in [5.41, 5.74) is 0.209. The molecule has 3 amide bonds. The maximum absolute atomic E-state index is 12.8. The third-order valence-corrected chi connectivity index (χ3v) is 5.85. The lowest BCUT2D eigenvalue weighted by Gasteiger charge is -2.27. The van der Waals surface area contributed by atoms with Crippen molar-refractivity contribution in [2.45, 2.75) is 11.1 Å². The van der Waals surface area contributed by atoms with E-state index in [1.165, 1.54) is 30.5 Å². The number of carbonyl (C=O) groups excluding carboxylic acids is 2. The van der Waals surface area contributed by atoms with E-state index in [0.717, 1.165) is 6.26 Å². The van der Waals surface area contributed by atoms with Crippen molar-refractivity contribution >= 4 is 50.9 Å². The second kappa shape index (κ2) is 12.0. The van der Waals surface area contributed by atoms with Crippen molar-refractivity contribution in [1.82, 2.24) is 15.2 Å². The van der Waals surface area contributed by atoms with Gasteiger partial charge in [-0.1, -0.05) is 11.6 Å². The average molecular weight is 552 g/mol. The van der Waals surface area contributed by atoms with Gasteiger partial charge in [0.2, 0.25) is 0 Å². The fourth-order valence-corrected chi connectivity index (χ4v) is 3.51. The molecule has 2 heterocycles. The molecule has 1 aliphatic rings. The van der Waals surface area contributed by atoms with Crippen LogP contribution in [0.3, 0.4) is 0 Å². The number of hydrogen-bond acceptors (Lipinski definition) is 7. The Balaban J connectivity index is 0.000000572. The predicted octanol–water partition coefficient (Wildman–Crippen LogP) is 2.46. The predicted molar refractivity (Wildman–Crippen MR) is 124 cm³/mol. The number of benzene rings is 1. The van der Waals surface area contributed by atoms with Crippen molar-refractivity contribution in [2.75, 3.05) is 43.1 Å². The minimum absolute atomic E-state index is 0.00756. The zero-order chi connectivity index (χ0) is 27.1. The van der Waals surface area contributed by atoms with Crippen LogP contribution in [0.2, 0.25) is 5.02 Å². The van der Waals surface area contributed by atoms with Crippen molar-refractivity contribution in [3.8, 4) is 0 Å². The maximum atomic E-state index is 12.8. The molecule has 1 fully saturated rings. The van der Waals surface area contributed by atoms with Gasteiger partial charge in [0.05, 0.1) is 21.2 Å². The third-order valence-electron chi connectivity index (χ3n) is 4.52. The van der Waals surface area contributed by atoms with Crippen LogP contribution in [0.1, 0.15) is 10.4 Å². The molecule has 4 N–H and O–H groups in total. The number of piperazine rings is 1. The molecule has 16 heteroatoms. The van der Waals surface area contributed by atoms with Gasteiger partial charge < -0.3 is 26.0 Å². The molecule has 2 aromatic rings. The zero-order valence-electron chi connectivity index (χ0n) is 18.6. The summed E-state index contributed by atoms with van der Waals surface area (Å²) in [7, 11) is -3.55. The third kappa shape index (κ3) is 8.66. The quantitative estimate of drug-likeness (QED) is 0.451. The smallest absolute Gasteiger partial charge is 0.475 e. The van der Waals surface area contributed by atoms with Crippen molar-refractivity contribution in [3.05, 3.63) is 47.1 Å². The Morgan fingerprint density at radius 2 is 1.72 bits per heavy atom. The van der Waals surface area contributed by atoms with E-state index in [0.29, 0.717) is 31.2 Å². The summed E-state index contributed by atoms with van der Waals surface area (Å²) in [6, 6.07) is 6.69. The number of halogens is 4. The van der Waals surface area contributed by atoms with Gasteiger partial charge in [0.15, 0.2) is 9.84 Å². The Hall–Kier alpha value is -3.43. The normalized spacial score (nSPS) is 13.8. The van der Waals surface area contributed by atoms with Gasteiger partial charge >= 0.3 is 18.2 Å². The number of hydrogen-bond donors (Lipinski definition) is 4. The second-order valence-electron chi connectivity index (χ2n) is 7.27. The first-order valence-electron chi connectivity index (χ1n) is 10.0. The highest BCUT2D eigenvalue weighted by Crippen LogP contribution is 2.23. The Morgan fingerprint density at radius 3 is 2.22 bits per heavy atom. The van der Waals surface area contributed by atoms with Crippen molar-refractivity contribution < 1.29 is 41.1 Å². The van der Waals surface area contributed by atoms with Gasteiger partial charge in [-0.3, -0.25) is 4.79 Å². The lowest BCUT2D eigenvalue weighted by Crippen LogP contribution is -2.48. The number of carbonyl (C=O) groups is 3. The second-order valence-corrected chi connectivity index (χ2v) is 9.72. The van der Waals surface area contributed by atoms with E-state index in [1.807, 2.05) is 0 Å². The number of pyridine rings is 1. The molecule has 0 unspecified atom stereocenters. The molecule has 3 rings (SSSR count). The van der Waals surface area contributed by atoms with Crippen molar-refractivity contribution in [2.24, 2.45) is 0 Å². The monoisotopic (exact) mass is 551 g/mol. The molecule has 36 heavy (non-hydrogen) atoms. The number of aliphatic carboxylic acids is 1. The summed E-state index contributed by atoms with van der Waals surface area (Å²) in [6.45, 7) is 2.42. The van der Waals surface area contributed by atoms with E-state index >= 15 is 0 Å². The van der Waals surface area contributed by atoms with E-state index < -0.39 is 27.9 Å². The van der Waals surface area contributed by atoms with Crippen LogP contribution < -0.4 is 16.0 Å². The highest BCUT2D eigenvalue weighted by atomic mass is 35.5. The summed E-state index contributed by atoms with van der Waals surface area (Å²) in [5, 5.41) is 16.0. The number of carboxylic acid groups (broad SMARTS) is 1. The van der Waals surface area contributed by atoms with Crippen LogP contribution in [0.5, 0.6) is 0 Å². The number of carboxylic acids is 1. The molecule has 0 bridgehead atoms. The molecule has 1 saturated heterocycles. The molecule has 0 spiro atoms. The van der Waals surface area contributed by atoms with Crippen LogP contribution in [0.15, 0.2) is 41.4 Å². The summed E-state index contributed by atoms with van der Waals surface area (Å²) in [4.78, 5) is 39.8. The van der Waals surface area contributed by atoms with Gasteiger partial charge in [0.1, 0.15) is 5.82 Å². The van der Waals surface area contributed by atoms with E-state index in [1.54, 1.807) is 11.0 Å². The molecule has 0 radical (unpaired) electrons. The number of urea groups is 1. The van der Waals surface area contributed by atoms with Crippen LogP contribution in [0.25, 0.3) is 0 Å². The Kier molecular flexibility index (Phi) is 9.61. The Morgan fingerprint density at radius 1 is 1.11 bits per heavy atom. The SMILES string of the molecule is CS(=O)(=O)c1ccc(NC(=O)N2CCNCC2)c(C(=O)Nc2ccc(Cl)cn2)c1.O=C(O)C(F)(F)F. The van der Waals surface area contributed by atoms with Crippen molar-refractivity contribution in [1.29, 1.82) is 0 Å². The molecule has 0 aliphatic carbocycles. The van der Waals surface area contributed by atoms with Gasteiger partial charge in [-0.05, 0) is 30.3 Å².